The van der Waals surface area contributed by atoms with Crippen LogP contribution in [0.2, 0.25) is 0 Å². The smallest absolute Gasteiger partial charge is 0.302 e. The Kier molecular flexibility index (Phi) is 18.2. The second kappa shape index (κ2) is 18.7. The summed E-state index contributed by atoms with van der Waals surface area (Å²) in [7, 11) is 1.65. The van der Waals surface area contributed by atoms with Gasteiger partial charge in [-0.15, -0.1) is 0 Å². The zero-order valence-corrected chi connectivity index (χ0v) is 16.3. The largest absolute Gasteiger partial charge is 0.463 e. The van der Waals surface area contributed by atoms with Gasteiger partial charge < -0.3 is 14.2 Å². The maximum Gasteiger partial charge on any atom is 0.302 e. The number of rotatable bonds is 18. The molecule has 0 aliphatic rings. The van der Waals surface area contributed by atoms with Gasteiger partial charge in [0.15, 0.2) is 0 Å². The van der Waals surface area contributed by atoms with Crippen molar-refractivity contribution in [3.8, 4) is 0 Å². The highest BCUT2D eigenvalue weighted by molar-refractivity contribution is 5.66. The molecular formula is C20H40O4. The predicted molar refractivity (Wildman–Crippen MR) is 99.1 cm³/mol. The van der Waals surface area contributed by atoms with Gasteiger partial charge in [-0.05, 0) is 32.1 Å². The van der Waals surface area contributed by atoms with Crippen molar-refractivity contribution in [1.29, 1.82) is 0 Å². The first-order valence-corrected chi connectivity index (χ1v) is 9.94. The van der Waals surface area contributed by atoms with E-state index in [0.29, 0.717) is 6.79 Å². The number of carbonyl (C=O) groups is 1. The quantitative estimate of drug-likeness (QED) is 0.184. The SMILES string of the molecule is CCCCC[C@H](CCCCCCCCCCOCOC)OC(C)=O. The Balaban J connectivity index is 3.42. The van der Waals surface area contributed by atoms with Crippen LogP contribution in [0.3, 0.4) is 0 Å². The maximum atomic E-state index is 11.2. The van der Waals surface area contributed by atoms with Crippen LogP contribution in [-0.4, -0.2) is 32.6 Å². The van der Waals surface area contributed by atoms with E-state index in [4.69, 9.17) is 14.2 Å². The molecule has 0 heterocycles. The number of methoxy groups -OCH3 is 1. The average molecular weight is 345 g/mol. The molecular weight excluding hydrogens is 304 g/mol. The molecule has 0 saturated heterocycles. The van der Waals surface area contributed by atoms with Crippen molar-refractivity contribution in [2.45, 2.75) is 103 Å². The molecule has 0 fully saturated rings. The van der Waals surface area contributed by atoms with Crippen molar-refractivity contribution in [2.24, 2.45) is 0 Å². The van der Waals surface area contributed by atoms with Gasteiger partial charge in [0.2, 0.25) is 0 Å². The number of hydrogen-bond donors (Lipinski definition) is 0. The molecule has 0 unspecified atom stereocenters. The molecule has 1 atom stereocenters. The van der Waals surface area contributed by atoms with Crippen LogP contribution in [0.1, 0.15) is 97.3 Å². The minimum Gasteiger partial charge on any atom is -0.463 e. The Morgan fingerprint density at radius 3 is 1.92 bits per heavy atom. The molecule has 0 aromatic rings. The third kappa shape index (κ3) is 17.7. The highest BCUT2D eigenvalue weighted by Gasteiger charge is 2.11. The molecule has 0 radical (unpaired) electrons. The minimum atomic E-state index is -0.133. The molecule has 24 heavy (non-hydrogen) atoms. The molecule has 0 amide bonds. The summed E-state index contributed by atoms with van der Waals surface area (Å²) in [6.45, 7) is 4.94. The summed E-state index contributed by atoms with van der Waals surface area (Å²) in [6.07, 6.45) is 15.8. The Labute approximate surface area is 149 Å². The Morgan fingerprint density at radius 1 is 0.833 bits per heavy atom. The van der Waals surface area contributed by atoms with Crippen LogP contribution in [0.5, 0.6) is 0 Å². The van der Waals surface area contributed by atoms with Gasteiger partial charge in [-0.3, -0.25) is 4.79 Å². The van der Waals surface area contributed by atoms with Gasteiger partial charge in [0.25, 0.3) is 0 Å². The second-order valence-corrected chi connectivity index (χ2v) is 6.66. The van der Waals surface area contributed by atoms with E-state index < -0.39 is 0 Å². The third-order valence-electron chi connectivity index (χ3n) is 4.23. The lowest BCUT2D eigenvalue weighted by Gasteiger charge is -2.16. The number of carbonyl (C=O) groups excluding carboxylic acids is 1. The molecule has 4 nitrogen and oxygen atoms in total. The van der Waals surface area contributed by atoms with Crippen LogP contribution in [0, 0.1) is 0 Å². The van der Waals surface area contributed by atoms with Crippen molar-refractivity contribution in [3.05, 3.63) is 0 Å². The fourth-order valence-electron chi connectivity index (χ4n) is 2.90. The van der Waals surface area contributed by atoms with Crippen molar-refractivity contribution >= 4 is 5.97 Å². The molecule has 144 valence electrons. The molecule has 0 bridgehead atoms. The van der Waals surface area contributed by atoms with Gasteiger partial charge in [0.1, 0.15) is 12.9 Å². The second-order valence-electron chi connectivity index (χ2n) is 6.66. The van der Waals surface area contributed by atoms with E-state index in [2.05, 4.69) is 6.92 Å². The Bertz CT molecular complexity index is 268. The van der Waals surface area contributed by atoms with Gasteiger partial charge in [0.05, 0.1) is 0 Å². The summed E-state index contributed by atoms with van der Waals surface area (Å²) < 4.78 is 15.5. The number of hydrogen-bond acceptors (Lipinski definition) is 4. The number of ether oxygens (including phenoxy) is 3. The monoisotopic (exact) mass is 344 g/mol. The topological polar surface area (TPSA) is 44.8 Å². The molecule has 0 aliphatic carbocycles. The van der Waals surface area contributed by atoms with Gasteiger partial charge >= 0.3 is 5.97 Å². The first-order chi connectivity index (χ1) is 11.7. The number of unbranched alkanes of at least 4 members (excludes halogenated alkanes) is 9. The zero-order chi connectivity index (χ0) is 17.9. The third-order valence-corrected chi connectivity index (χ3v) is 4.23. The normalized spacial score (nSPS) is 12.3. The molecule has 0 N–H and O–H groups in total. The first-order valence-electron chi connectivity index (χ1n) is 9.94. The van der Waals surface area contributed by atoms with E-state index in [1.54, 1.807) is 7.11 Å². The van der Waals surface area contributed by atoms with E-state index in [1.807, 2.05) is 0 Å². The minimum absolute atomic E-state index is 0.133. The average Bonchev–Trinajstić information content (AvgIpc) is 2.55. The molecule has 4 heteroatoms. The molecule has 0 aliphatic heterocycles. The fraction of sp³-hybridized carbons (Fsp3) is 0.950. The van der Waals surface area contributed by atoms with E-state index in [1.165, 1.54) is 71.1 Å². The van der Waals surface area contributed by atoms with Crippen LogP contribution in [-0.2, 0) is 19.0 Å². The summed E-state index contributed by atoms with van der Waals surface area (Å²) in [5.41, 5.74) is 0. The maximum absolute atomic E-state index is 11.2. The lowest BCUT2D eigenvalue weighted by atomic mass is 10.0. The summed E-state index contributed by atoms with van der Waals surface area (Å²) >= 11 is 0. The lowest BCUT2D eigenvalue weighted by Crippen LogP contribution is -2.16. The van der Waals surface area contributed by atoms with E-state index in [-0.39, 0.29) is 12.1 Å². The molecule has 0 spiro atoms. The highest BCUT2D eigenvalue weighted by Crippen LogP contribution is 2.16. The van der Waals surface area contributed by atoms with Gasteiger partial charge in [-0.1, -0.05) is 58.3 Å². The lowest BCUT2D eigenvalue weighted by molar-refractivity contribution is -0.147. The molecule has 0 rings (SSSR count). The van der Waals surface area contributed by atoms with E-state index in [9.17, 15) is 4.79 Å². The molecule has 0 aromatic heterocycles. The van der Waals surface area contributed by atoms with Crippen molar-refractivity contribution in [1.82, 2.24) is 0 Å². The zero-order valence-electron chi connectivity index (χ0n) is 16.3. The summed E-state index contributed by atoms with van der Waals surface area (Å²) in [4.78, 5) is 11.2. The van der Waals surface area contributed by atoms with Crippen LogP contribution < -0.4 is 0 Å². The van der Waals surface area contributed by atoms with Crippen molar-refractivity contribution in [2.75, 3.05) is 20.5 Å². The summed E-state index contributed by atoms with van der Waals surface area (Å²) in [6, 6.07) is 0. The fourth-order valence-corrected chi connectivity index (χ4v) is 2.90. The van der Waals surface area contributed by atoms with Gasteiger partial charge in [0, 0.05) is 20.6 Å². The molecule has 0 aromatic carbocycles. The first kappa shape index (κ1) is 23.4. The Hall–Kier alpha value is -0.610. The van der Waals surface area contributed by atoms with Gasteiger partial charge in [-0.2, -0.15) is 0 Å². The van der Waals surface area contributed by atoms with Crippen LogP contribution in [0.15, 0.2) is 0 Å². The van der Waals surface area contributed by atoms with Crippen LogP contribution in [0.25, 0.3) is 0 Å². The van der Waals surface area contributed by atoms with E-state index in [0.717, 1.165) is 25.9 Å². The predicted octanol–water partition coefficient (Wildman–Crippen LogP) is 5.63. The van der Waals surface area contributed by atoms with E-state index >= 15 is 0 Å². The van der Waals surface area contributed by atoms with Crippen LogP contribution >= 0.6 is 0 Å². The van der Waals surface area contributed by atoms with Crippen LogP contribution in [0.4, 0.5) is 0 Å². The Morgan fingerprint density at radius 2 is 1.38 bits per heavy atom. The summed E-state index contributed by atoms with van der Waals surface area (Å²) in [5.74, 6) is -0.133. The van der Waals surface area contributed by atoms with Crippen molar-refractivity contribution in [3.63, 3.8) is 0 Å². The standard InChI is InChI=1S/C20H40O4/c1-4-5-12-15-20(24-19(2)21)16-13-10-8-6-7-9-11-14-17-23-18-22-3/h20H,4-18H2,1-3H3/t20-/m1/s1. The number of esters is 1. The highest BCUT2D eigenvalue weighted by atomic mass is 16.7. The summed E-state index contributed by atoms with van der Waals surface area (Å²) in [5, 5.41) is 0. The van der Waals surface area contributed by atoms with Crippen molar-refractivity contribution < 1.29 is 19.0 Å². The van der Waals surface area contributed by atoms with Gasteiger partial charge in [-0.25, -0.2) is 0 Å². The molecule has 0 saturated carbocycles.